The first-order valence-electron chi connectivity index (χ1n) is 4.45. The average Bonchev–Trinajstić information content (AvgIpc) is 1.85. The molecule has 1 N–H and O–H groups in total. The molecule has 1 aliphatic heterocycles. The molecule has 1 fully saturated rings. The number of nitrogens with zero attached hydrogens (tertiary/aromatic N) is 1. The van der Waals surface area contributed by atoms with Crippen molar-refractivity contribution >= 4 is 5.84 Å². The number of rotatable bonds is 1. The normalized spacial score (nSPS) is 26.4. The van der Waals surface area contributed by atoms with E-state index in [1.807, 2.05) is 0 Å². The van der Waals surface area contributed by atoms with Crippen molar-refractivity contribution in [3.8, 4) is 0 Å². The Labute approximate surface area is 69.1 Å². The lowest BCUT2D eigenvalue weighted by Crippen LogP contribution is -2.42. The quantitative estimate of drug-likeness (QED) is 0.615. The second-order valence-electron chi connectivity index (χ2n) is 3.83. The standard InChI is InChI=1S/C9H18N2/c1-7(2)11-5-4-8(3)6-9(11)10/h7-8,10H,4-6H2,1-3H3. The molecular weight excluding hydrogens is 136 g/mol. The van der Waals surface area contributed by atoms with Crippen LogP contribution in [0.5, 0.6) is 0 Å². The molecule has 0 radical (unpaired) electrons. The van der Waals surface area contributed by atoms with Crippen LogP contribution in [0.3, 0.4) is 0 Å². The summed E-state index contributed by atoms with van der Waals surface area (Å²) in [4.78, 5) is 2.19. The maximum atomic E-state index is 7.73. The van der Waals surface area contributed by atoms with Crippen molar-refractivity contribution in [3.05, 3.63) is 0 Å². The summed E-state index contributed by atoms with van der Waals surface area (Å²) in [6, 6.07) is 0.509. The third kappa shape index (κ3) is 1.95. The third-order valence-electron chi connectivity index (χ3n) is 2.37. The van der Waals surface area contributed by atoms with Gasteiger partial charge in [0, 0.05) is 19.0 Å². The van der Waals surface area contributed by atoms with Crippen LogP contribution >= 0.6 is 0 Å². The monoisotopic (exact) mass is 154 g/mol. The molecule has 0 aromatic rings. The molecule has 0 spiro atoms. The fourth-order valence-electron chi connectivity index (χ4n) is 1.61. The van der Waals surface area contributed by atoms with E-state index in [0.717, 1.165) is 24.7 Å². The van der Waals surface area contributed by atoms with Crippen molar-refractivity contribution in [2.45, 2.75) is 39.7 Å². The van der Waals surface area contributed by atoms with Gasteiger partial charge < -0.3 is 4.90 Å². The van der Waals surface area contributed by atoms with E-state index in [2.05, 4.69) is 25.7 Å². The Hall–Kier alpha value is -0.530. The lowest BCUT2D eigenvalue weighted by Gasteiger charge is -2.35. The summed E-state index contributed by atoms with van der Waals surface area (Å²) in [6.45, 7) is 7.62. The molecule has 1 unspecified atom stereocenters. The largest absolute Gasteiger partial charge is 0.358 e. The SMILES string of the molecule is CC1CCN(C(C)C)C(=N)C1. The first-order chi connectivity index (χ1) is 5.11. The second-order valence-corrected chi connectivity index (χ2v) is 3.83. The summed E-state index contributed by atoms with van der Waals surface area (Å²) in [6.07, 6.45) is 2.22. The molecule has 1 saturated heterocycles. The zero-order valence-corrected chi connectivity index (χ0v) is 7.72. The van der Waals surface area contributed by atoms with Gasteiger partial charge in [0.05, 0.1) is 5.84 Å². The minimum absolute atomic E-state index is 0.509. The van der Waals surface area contributed by atoms with Crippen LogP contribution in [0.1, 0.15) is 33.6 Å². The fourth-order valence-corrected chi connectivity index (χ4v) is 1.61. The van der Waals surface area contributed by atoms with Gasteiger partial charge in [-0.3, -0.25) is 5.41 Å². The maximum absolute atomic E-state index is 7.73. The third-order valence-corrected chi connectivity index (χ3v) is 2.37. The Morgan fingerprint density at radius 2 is 2.18 bits per heavy atom. The summed E-state index contributed by atoms with van der Waals surface area (Å²) in [5.74, 6) is 1.55. The van der Waals surface area contributed by atoms with E-state index >= 15 is 0 Å². The van der Waals surface area contributed by atoms with Gasteiger partial charge >= 0.3 is 0 Å². The van der Waals surface area contributed by atoms with Crippen LogP contribution in [0.15, 0.2) is 0 Å². The van der Waals surface area contributed by atoms with Crippen LogP contribution in [0.2, 0.25) is 0 Å². The highest BCUT2D eigenvalue weighted by Gasteiger charge is 2.21. The molecule has 0 saturated carbocycles. The molecule has 2 nitrogen and oxygen atoms in total. The molecule has 1 atom stereocenters. The van der Waals surface area contributed by atoms with Crippen LogP contribution in [0.4, 0.5) is 0 Å². The lowest BCUT2D eigenvalue weighted by molar-refractivity contribution is 0.279. The number of amidine groups is 1. The van der Waals surface area contributed by atoms with E-state index in [1.54, 1.807) is 0 Å². The van der Waals surface area contributed by atoms with Crippen molar-refractivity contribution in [2.24, 2.45) is 5.92 Å². The molecule has 64 valence electrons. The van der Waals surface area contributed by atoms with Gasteiger partial charge in [0.1, 0.15) is 0 Å². The fraction of sp³-hybridized carbons (Fsp3) is 0.889. The summed E-state index contributed by atoms with van der Waals surface area (Å²) in [5.41, 5.74) is 0. The number of nitrogens with one attached hydrogen (secondary N) is 1. The Morgan fingerprint density at radius 3 is 2.64 bits per heavy atom. The molecule has 1 rings (SSSR count). The highest BCUT2D eigenvalue weighted by Crippen LogP contribution is 2.19. The Bertz CT molecular complexity index is 152. The summed E-state index contributed by atoms with van der Waals surface area (Å²) in [5, 5.41) is 7.73. The van der Waals surface area contributed by atoms with Crippen LogP contribution in [-0.4, -0.2) is 23.3 Å². The Morgan fingerprint density at radius 1 is 1.55 bits per heavy atom. The van der Waals surface area contributed by atoms with Gasteiger partial charge in [-0.05, 0) is 26.2 Å². The minimum Gasteiger partial charge on any atom is -0.358 e. The molecule has 0 aliphatic carbocycles. The zero-order valence-electron chi connectivity index (χ0n) is 7.72. The molecule has 0 bridgehead atoms. The minimum atomic E-state index is 0.509. The van der Waals surface area contributed by atoms with Crippen molar-refractivity contribution in [3.63, 3.8) is 0 Å². The van der Waals surface area contributed by atoms with Crippen molar-refractivity contribution in [1.82, 2.24) is 4.90 Å². The number of likely N-dealkylation sites (tertiary alicyclic amines) is 1. The van der Waals surface area contributed by atoms with Gasteiger partial charge in [-0.1, -0.05) is 6.92 Å². The molecule has 2 heteroatoms. The van der Waals surface area contributed by atoms with Crippen molar-refractivity contribution < 1.29 is 0 Å². The van der Waals surface area contributed by atoms with Gasteiger partial charge in [-0.2, -0.15) is 0 Å². The highest BCUT2D eigenvalue weighted by molar-refractivity contribution is 5.80. The van der Waals surface area contributed by atoms with E-state index in [9.17, 15) is 0 Å². The topological polar surface area (TPSA) is 27.1 Å². The predicted octanol–water partition coefficient (Wildman–Crippen LogP) is 2.10. The summed E-state index contributed by atoms with van der Waals surface area (Å²) >= 11 is 0. The second kappa shape index (κ2) is 3.24. The van der Waals surface area contributed by atoms with Gasteiger partial charge in [-0.25, -0.2) is 0 Å². The molecule has 0 aromatic carbocycles. The summed E-state index contributed by atoms with van der Waals surface area (Å²) < 4.78 is 0. The van der Waals surface area contributed by atoms with E-state index in [-0.39, 0.29) is 0 Å². The van der Waals surface area contributed by atoms with E-state index < -0.39 is 0 Å². The van der Waals surface area contributed by atoms with Gasteiger partial charge in [0.2, 0.25) is 0 Å². The van der Waals surface area contributed by atoms with E-state index in [4.69, 9.17) is 5.41 Å². The van der Waals surface area contributed by atoms with Crippen LogP contribution in [0, 0.1) is 11.3 Å². The highest BCUT2D eigenvalue weighted by atomic mass is 15.2. The van der Waals surface area contributed by atoms with Crippen molar-refractivity contribution in [1.29, 1.82) is 5.41 Å². The maximum Gasteiger partial charge on any atom is 0.0962 e. The van der Waals surface area contributed by atoms with Crippen LogP contribution in [0.25, 0.3) is 0 Å². The van der Waals surface area contributed by atoms with E-state index in [1.165, 1.54) is 6.42 Å². The predicted molar refractivity (Wildman–Crippen MR) is 48.0 cm³/mol. The number of hydrogen-bond donors (Lipinski definition) is 1. The zero-order chi connectivity index (χ0) is 8.43. The molecule has 0 amide bonds. The van der Waals surface area contributed by atoms with Gasteiger partial charge in [0.15, 0.2) is 0 Å². The number of piperidine rings is 1. The Kier molecular flexibility index (Phi) is 2.53. The van der Waals surface area contributed by atoms with Crippen LogP contribution < -0.4 is 0 Å². The lowest BCUT2D eigenvalue weighted by atomic mass is 9.97. The van der Waals surface area contributed by atoms with Crippen molar-refractivity contribution in [2.75, 3.05) is 6.54 Å². The van der Waals surface area contributed by atoms with Gasteiger partial charge in [-0.15, -0.1) is 0 Å². The first-order valence-corrected chi connectivity index (χ1v) is 4.45. The van der Waals surface area contributed by atoms with Crippen LogP contribution in [-0.2, 0) is 0 Å². The van der Waals surface area contributed by atoms with E-state index in [0.29, 0.717) is 6.04 Å². The molecule has 11 heavy (non-hydrogen) atoms. The molecule has 1 aliphatic rings. The number of hydrogen-bond acceptors (Lipinski definition) is 1. The first kappa shape index (κ1) is 8.57. The Balaban J connectivity index is 2.51. The van der Waals surface area contributed by atoms with Gasteiger partial charge in [0.25, 0.3) is 0 Å². The molecule has 1 heterocycles. The molecule has 0 aromatic heterocycles. The molecular formula is C9H18N2. The average molecular weight is 154 g/mol. The summed E-state index contributed by atoms with van der Waals surface area (Å²) in [7, 11) is 0. The smallest absolute Gasteiger partial charge is 0.0962 e.